The number of nitrogens with zero attached hydrogens (tertiary/aromatic N) is 3. The van der Waals surface area contributed by atoms with Gasteiger partial charge in [0.05, 0.1) is 6.61 Å². The molecule has 0 bridgehead atoms. The molecule has 0 fully saturated rings. The number of methoxy groups -OCH3 is 1. The Morgan fingerprint density at radius 1 is 1.41 bits per heavy atom. The maximum atomic E-state index is 11.9. The van der Waals surface area contributed by atoms with Crippen molar-refractivity contribution >= 4 is 22.6 Å². The minimum Gasteiger partial charge on any atom is -0.384 e. The molecular formula is C14H19N5O2S. The Balaban J connectivity index is 1.77. The van der Waals surface area contributed by atoms with E-state index in [9.17, 15) is 4.79 Å². The smallest absolute Gasteiger partial charge is 0.251 e. The Bertz CT molecular complexity index is 590. The highest BCUT2D eigenvalue weighted by Gasteiger charge is 2.10. The first-order chi connectivity index (χ1) is 10.7. The molecule has 2 heterocycles. The highest BCUT2D eigenvalue weighted by atomic mass is 32.1. The lowest BCUT2D eigenvalue weighted by Gasteiger charge is -2.13. The van der Waals surface area contributed by atoms with Crippen molar-refractivity contribution in [3.63, 3.8) is 0 Å². The minimum atomic E-state index is -0.117. The number of carbonyl (C=O) groups excluding carboxylic acids is 1. The Morgan fingerprint density at radius 2 is 2.18 bits per heavy atom. The first-order valence-corrected chi connectivity index (χ1v) is 7.72. The lowest BCUT2D eigenvalue weighted by molar-refractivity contribution is 0.0952. The van der Waals surface area contributed by atoms with E-state index in [0.29, 0.717) is 25.1 Å². The molecule has 0 saturated heterocycles. The zero-order valence-electron chi connectivity index (χ0n) is 12.6. The third-order valence-corrected chi connectivity index (χ3v) is 3.56. The summed E-state index contributed by atoms with van der Waals surface area (Å²) in [5.74, 6) is 0.650. The summed E-state index contributed by atoms with van der Waals surface area (Å²) in [4.78, 5) is 20.2. The number of anilines is 1. The zero-order chi connectivity index (χ0) is 15.8. The van der Waals surface area contributed by atoms with Gasteiger partial charge < -0.3 is 15.4 Å². The zero-order valence-corrected chi connectivity index (χ0v) is 13.4. The van der Waals surface area contributed by atoms with Crippen LogP contribution in [0.1, 0.15) is 23.1 Å². The summed E-state index contributed by atoms with van der Waals surface area (Å²) in [6, 6.07) is 3.41. The number of aromatic nitrogens is 3. The maximum absolute atomic E-state index is 11.9. The van der Waals surface area contributed by atoms with Crippen LogP contribution < -0.4 is 10.6 Å². The van der Waals surface area contributed by atoms with Gasteiger partial charge in [-0.25, -0.2) is 4.98 Å². The molecular weight excluding hydrogens is 302 g/mol. The molecule has 2 aromatic rings. The lowest BCUT2D eigenvalue weighted by Crippen LogP contribution is -2.34. The van der Waals surface area contributed by atoms with Crippen LogP contribution in [0.3, 0.4) is 0 Å². The number of pyridine rings is 1. The molecule has 118 valence electrons. The highest BCUT2D eigenvalue weighted by molar-refractivity contribution is 7.09. The number of rotatable bonds is 8. The predicted octanol–water partition coefficient (Wildman–Crippen LogP) is 1.35. The second kappa shape index (κ2) is 8.40. The SMILES string of the molecule is COCCc1nsc(N[C@@H](C)CNC(=O)c2ccncc2)n1. The fourth-order valence-electron chi connectivity index (χ4n) is 1.72. The minimum absolute atomic E-state index is 0.0500. The molecule has 7 nitrogen and oxygen atoms in total. The number of ether oxygens (including phenoxy) is 1. The molecule has 2 aromatic heterocycles. The summed E-state index contributed by atoms with van der Waals surface area (Å²) >= 11 is 1.31. The van der Waals surface area contributed by atoms with Crippen molar-refractivity contribution in [2.75, 3.05) is 25.6 Å². The number of carbonyl (C=O) groups is 1. The maximum Gasteiger partial charge on any atom is 0.251 e. The Kier molecular flexibility index (Phi) is 6.23. The number of hydrogen-bond acceptors (Lipinski definition) is 7. The fraction of sp³-hybridized carbons (Fsp3) is 0.429. The van der Waals surface area contributed by atoms with E-state index in [-0.39, 0.29) is 11.9 Å². The first-order valence-electron chi connectivity index (χ1n) is 6.95. The van der Waals surface area contributed by atoms with Crippen LogP contribution in [0.4, 0.5) is 5.13 Å². The van der Waals surface area contributed by atoms with Crippen LogP contribution >= 0.6 is 11.5 Å². The van der Waals surface area contributed by atoms with Gasteiger partial charge in [0, 0.05) is 55.6 Å². The molecule has 0 aromatic carbocycles. The van der Waals surface area contributed by atoms with Crippen LogP contribution in [0.2, 0.25) is 0 Å². The second-order valence-corrected chi connectivity index (χ2v) is 5.50. The molecule has 0 aliphatic rings. The number of hydrogen-bond donors (Lipinski definition) is 2. The van der Waals surface area contributed by atoms with Crippen LogP contribution in [0, 0.1) is 0 Å². The summed E-state index contributed by atoms with van der Waals surface area (Å²) < 4.78 is 9.24. The van der Waals surface area contributed by atoms with Crippen molar-refractivity contribution in [1.29, 1.82) is 0 Å². The summed E-state index contributed by atoms with van der Waals surface area (Å²) in [6.07, 6.45) is 3.89. The Hall–Kier alpha value is -2.06. The van der Waals surface area contributed by atoms with Crippen molar-refractivity contribution in [3.8, 4) is 0 Å². The van der Waals surface area contributed by atoms with Gasteiger partial charge >= 0.3 is 0 Å². The van der Waals surface area contributed by atoms with Gasteiger partial charge in [-0.15, -0.1) is 0 Å². The van der Waals surface area contributed by atoms with E-state index >= 15 is 0 Å². The largest absolute Gasteiger partial charge is 0.384 e. The summed E-state index contributed by atoms with van der Waals surface area (Å²) in [6.45, 7) is 3.07. The average molecular weight is 321 g/mol. The molecule has 0 spiro atoms. The third kappa shape index (κ3) is 5.05. The number of nitrogens with one attached hydrogen (secondary N) is 2. The van der Waals surface area contributed by atoms with Gasteiger partial charge in [-0.05, 0) is 19.1 Å². The molecule has 1 amide bonds. The molecule has 0 saturated carbocycles. The van der Waals surface area contributed by atoms with Crippen molar-refractivity contribution in [2.45, 2.75) is 19.4 Å². The summed E-state index contributed by atoms with van der Waals surface area (Å²) in [5, 5.41) is 6.84. The highest BCUT2D eigenvalue weighted by Crippen LogP contribution is 2.12. The van der Waals surface area contributed by atoms with Gasteiger partial charge in [0.1, 0.15) is 5.82 Å². The van der Waals surface area contributed by atoms with Gasteiger partial charge in [-0.3, -0.25) is 9.78 Å². The van der Waals surface area contributed by atoms with Crippen molar-refractivity contribution in [1.82, 2.24) is 19.7 Å². The van der Waals surface area contributed by atoms with Gasteiger partial charge in [0.25, 0.3) is 5.91 Å². The standard InChI is InChI=1S/C14H19N5O2S/c1-10(9-16-13(20)11-3-6-15-7-4-11)17-14-18-12(19-22-14)5-8-21-2/h3-4,6-7,10H,5,8-9H2,1-2H3,(H,16,20)(H,17,18,19)/t10-/m0/s1. The summed E-state index contributed by atoms with van der Waals surface area (Å²) in [5.41, 5.74) is 0.597. The topological polar surface area (TPSA) is 89.0 Å². The van der Waals surface area contributed by atoms with Crippen LogP contribution in [0.5, 0.6) is 0 Å². The second-order valence-electron chi connectivity index (χ2n) is 4.75. The fourth-order valence-corrected chi connectivity index (χ4v) is 2.44. The van der Waals surface area contributed by atoms with E-state index < -0.39 is 0 Å². The van der Waals surface area contributed by atoms with E-state index in [1.807, 2.05) is 6.92 Å². The predicted molar refractivity (Wildman–Crippen MR) is 85.1 cm³/mol. The van der Waals surface area contributed by atoms with E-state index in [1.54, 1.807) is 31.6 Å². The van der Waals surface area contributed by atoms with E-state index in [1.165, 1.54) is 11.5 Å². The molecule has 22 heavy (non-hydrogen) atoms. The first kappa shape index (κ1) is 16.3. The Morgan fingerprint density at radius 3 is 2.91 bits per heavy atom. The van der Waals surface area contributed by atoms with Crippen LogP contribution in [0.25, 0.3) is 0 Å². The normalized spacial score (nSPS) is 11.9. The third-order valence-electron chi connectivity index (χ3n) is 2.88. The number of amides is 1. The van der Waals surface area contributed by atoms with E-state index in [4.69, 9.17) is 4.74 Å². The van der Waals surface area contributed by atoms with Crippen LogP contribution in [-0.2, 0) is 11.2 Å². The molecule has 2 N–H and O–H groups in total. The quantitative estimate of drug-likeness (QED) is 0.763. The van der Waals surface area contributed by atoms with Crippen molar-refractivity contribution in [3.05, 3.63) is 35.9 Å². The Labute approximate surface area is 133 Å². The van der Waals surface area contributed by atoms with E-state index in [2.05, 4.69) is 25.0 Å². The van der Waals surface area contributed by atoms with Gasteiger partial charge in [0.15, 0.2) is 0 Å². The molecule has 0 unspecified atom stereocenters. The molecule has 8 heteroatoms. The molecule has 1 atom stereocenters. The van der Waals surface area contributed by atoms with Gasteiger partial charge in [-0.1, -0.05) is 0 Å². The van der Waals surface area contributed by atoms with Crippen LogP contribution in [0.15, 0.2) is 24.5 Å². The molecule has 0 aliphatic heterocycles. The van der Waals surface area contributed by atoms with Crippen molar-refractivity contribution in [2.24, 2.45) is 0 Å². The summed E-state index contributed by atoms with van der Waals surface area (Å²) in [7, 11) is 1.65. The molecule has 2 rings (SSSR count). The van der Waals surface area contributed by atoms with E-state index in [0.717, 1.165) is 11.0 Å². The lowest BCUT2D eigenvalue weighted by atomic mass is 10.2. The van der Waals surface area contributed by atoms with Gasteiger partial charge in [-0.2, -0.15) is 4.37 Å². The van der Waals surface area contributed by atoms with Crippen LogP contribution in [-0.4, -0.2) is 46.6 Å². The molecule has 0 aliphatic carbocycles. The van der Waals surface area contributed by atoms with Gasteiger partial charge in [0.2, 0.25) is 5.13 Å². The average Bonchev–Trinajstić information content (AvgIpc) is 2.98. The molecule has 0 radical (unpaired) electrons. The monoisotopic (exact) mass is 321 g/mol. The van der Waals surface area contributed by atoms with Crippen molar-refractivity contribution < 1.29 is 9.53 Å².